The maximum absolute atomic E-state index is 12.4. The zero-order valence-electron chi connectivity index (χ0n) is 9.70. The van der Waals surface area contributed by atoms with E-state index < -0.39 is 5.60 Å². The summed E-state index contributed by atoms with van der Waals surface area (Å²) in [6, 6.07) is 1.90. The summed E-state index contributed by atoms with van der Waals surface area (Å²) >= 11 is 1.57. The van der Waals surface area contributed by atoms with Crippen LogP contribution in [0, 0.1) is 0 Å². The fourth-order valence-electron chi connectivity index (χ4n) is 2.48. The molecule has 88 valence electrons. The van der Waals surface area contributed by atoms with Crippen molar-refractivity contribution in [2.75, 3.05) is 7.11 Å². The molecule has 0 saturated heterocycles. The van der Waals surface area contributed by atoms with Crippen LogP contribution in [-0.2, 0) is 4.74 Å². The normalized spacial score (nSPS) is 20.3. The average molecular weight is 238 g/mol. The molecule has 1 fully saturated rings. The molecule has 3 heteroatoms. The number of ether oxygens (including phenoxy) is 1. The molecule has 0 unspecified atom stereocenters. The van der Waals surface area contributed by atoms with Gasteiger partial charge < -0.3 is 4.74 Å². The van der Waals surface area contributed by atoms with Gasteiger partial charge in [-0.15, -0.1) is 0 Å². The summed E-state index contributed by atoms with van der Waals surface area (Å²) in [7, 11) is 1.68. The van der Waals surface area contributed by atoms with Gasteiger partial charge in [0.1, 0.15) is 5.60 Å². The molecule has 2 rings (SSSR count). The third-order valence-electron chi connectivity index (χ3n) is 3.50. The molecule has 1 saturated carbocycles. The molecule has 1 aliphatic carbocycles. The summed E-state index contributed by atoms with van der Waals surface area (Å²) in [5.74, 6) is 0.179. The fraction of sp³-hybridized carbons (Fsp3) is 0.615. The Balaban J connectivity index is 2.22. The van der Waals surface area contributed by atoms with Crippen molar-refractivity contribution in [3.05, 3.63) is 22.4 Å². The molecule has 0 spiro atoms. The van der Waals surface area contributed by atoms with Crippen LogP contribution in [0.5, 0.6) is 0 Å². The van der Waals surface area contributed by atoms with Crippen LogP contribution in [0.15, 0.2) is 16.8 Å². The highest BCUT2D eigenvalue weighted by atomic mass is 32.1. The van der Waals surface area contributed by atoms with Crippen LogP contribution in [0.4, 0.5) is 0 Å². The number of ketones is 1. The Morgan fingerprint density at radius 3 is 2.50 bits per heavy atom. The molecule has 1 aliphatic rings. The third kappa shape index (κ3) is 2.20. The molecule has 0 radical (unpaired) electrons. The van der Waals surface area contributed by atoms with Crippen molar-refractivity contribution in [2.45, 2.75) is 44.1 Å². The van der Waals surface area contributed by atoms with E-state index in [1.165, 1.54) is 12.8 Å². The molecule has 1 aromatic rings. The minimum atomic E-state index is -0.544. The summed E-state index contributed by atoms with van der Waals surface area (Å²) < 4.78 is 5.60. The lowest BCUT2D eigenvalue weighted by molar-refractivity contribution is -0.00688. The van der Waals surface area contributed by atoms with E-state index in [2.05, 4.69) is 0 Å². The highest BCUT2D eigenvalue weighted by molar-refractivity contribution is 7.08. The van der Waals surface area contributed by atoms with Crippen molar-refractivity contribution in [2.24, 2.45) is 0 Å². The van der Waals surface area contributed by atoms with Gasteiger partial charge in [-0.25, -0.2) is 0 Å². The maximum Gasteiger partial charge on any atom is 0.195 e. The summed E-state index contributed by atoms with van der Waals surface area (Å²) in [6.45, 7) is 0. The van der Waals surface area contributed by atoms with Crippen LogP contribution in [0.3, 0.4) is 0 Å². The van der Waals surface area contributed by atoms with Gasteiger partial charge in [-0.1, -0.05) is 25.7 Å². The number of Topliss-reactive ketones (excluding diaryl/α,β-unsaturated/α-hetero) is 1. The first-order valence-electron chi connectivity index (χ1n) is 5.91. The molecule has 2 nitrogen and oxygen atoms in total. The Morgan fingerprint density at radius 2 is 2.00 bits per heavy atom. The van der Waals surface area contributed by atoms with Crippen LogP contribution < -0.4 is 0 Å². The molecule has 0 atom stereocenters. The Kier molecular flexibility index (Phi) is 3.77. The zero-order valence-corrected chi connectivity index (χ0v) is 10.5. The van der Waals surface area contributed by atoms with Gasteiger partial charge in [-0.3, -0.25) is 4.79 Å². The third-order valence-corrected chi connectivity index (χ3v) is 4.18. The maximum atomic E-state index is 12.4. The zero-order chi connectivity index (χ0) is 11.4. The number of hydrogen-bond acceptors (Lipinski definition) is 3. The van der Waals surface area contributed by atoms with E-state index in [9.17, 15) is 4.79 Å². The Bertz CT molecular complexity index is 335. The van der Waals surface area contributed by atoms with Gasteiger partial charge in [0.05, 0.1) is 0 Å². The van der Waals surface area contributed by atoms with Crippen molar-refractivity contribution >= 4 is 17.1 Å². The molecule has 1 heterocycles. The molecule has 0 amide bonds. The predicted octanol–water partition coefficient (Wildman–Crippen LogP) is 3.67. The van der Waals surface area contributed by atoms with Crippen molar-refractivity contribution in [3.8, 4) is 0 Å². The SMILES string of the molecule is COC1(C(=O)c2ccsc2)CCCCCC1. The van der Waals surface area contributed by atoms with Crippen LogP contribution in [0.25, 0.3) is 0 Å². The van der Waals surface area contributed by atoms with E-state index in [1.807, 2.05) is 16.8 Å². The van der Waals surface area contributed by atoms with E-state index in [-0.39, 0.29) is 5.78 Å². The molecule has 0 bridgehead atoms. The molecule has 1 aromatic heterocycles. The number of carbonyl (C=O) groups excluding carboxylic acids is 1. The molecule has 0 aromatic carbocycles. The molecule has 0 N–H and O–H groups in total. The van der Waals surface area contributed by atoms with Crippen molar-refractivity contribution in [1.82, 2.24) is 0 Å². The first kappa shape index (κ1) is 11.8. The highest BCUT2D eigenvalue weighted by Gasteiger charge is 2.39. The first-order chi connectivity index (χ1) is 7.78. The van der Waals surface area contributed by atoms with Gasteiger partial charge in [0.25, 0.3) is 0 Å². The van der Waals surface area contributed by atoms with E-state index in [4.69, 9.17) is 4.74 Å². The smallest absolute Gasteiger partial charge is 0.195 e. The molecular weight excluding hydrogens is 220 g/mol. The number of hydrogen-bond donors (Lipinski definition) is 0. The van der Waals surface area contributed by atoms with E-state index in [0.29, 0.717) is 0 Å². The van der Waals surface area contributed by atoms with E-state index in [0.717, 1.165) is 31.2 Å². The topological polar surface area (TPSA) is 26.3 Å². The first-order valence-corrected chi connectivity index (χ1v) is 6.85. The van der Waals surface area contributed by atoms with E-state index >= 15 is 0 Å². The lowest BCUT2D eigenvalue weighted by atomic mass is 9.87. The Labute approximate surface area is 101 Å². The van der Waals surface area contributed by atoms with Crippen molar-refractivity contribution < 1.29 is 9.53 Å². The standard InChI is InChI=1S/C13H18O2S/c1-15-13(7-4-2-3-5-8-13)12(14)11-6-9-16-10-11/h6,9-10H,2-5,7-8H2,1H3. The highest BCUT2D eigenvalue weighted by Crippen LogP contribution is 2.33. The van der Waals surface area contributed by atoms with Crippen molar-refractivity contribution in [1.29, 1.82) is 0 Å². The van der Waals surface area contributed by atoms with Crippen molar-refractivity contribution in [3.63, 3.8) is 0 Å². The summed E-state index contributed by atoms with van der Waals surface area (Å²) in [4.78, 5) is 12.4. The Morgan fingerprint density at radius 1 is 1.31 bits per heavy atom. The second kappa shape index (κ2) is 5.11. The van der Waals surface area contributed by atoms with Gasteiger partial charge in [-0.05, 0) is 24.3 Å². The summed E-state index contributed by atoms with van der Waals surface area (Å²) in [6.07, 6.45) is 6.40. The predicted molar refractivity (Wildman–Crippen MR) is 66.1 cm³/mol. The van der Waals surface area contributed by atoms with Gasteiger partial charge >= 0.3 is 0 Å². The summed E-state index contributed by atoms with van der Waals surface area (Å²) in [5.41, 5.74) is 0.270. The largest absolute Gasteiger partial charge is 0.370 e. The number of methoxy groups -OCH3 is 1. The van der Waals surface area contributed by atoms with E-state index in [1.54, 1.807) is 18.4 Å². The number of carbonyl (C=O) groups is 1. The van der Waals surface area contributed by atoms with Crippen LogP contribution in [0.1, 0.15) is 48.9 Å². The minimum Gasteiger partial charge on any atom is -0.370 e. The average Bonchev–Trinajstić information content (AvgIpc) is 2.73. The van der Waals surface area contributed by atoms with Crippen LogP contribution >= 0.6 is 11.3 Å². The van der Waals surface area contributed by atoms with Gasteiger partial charge in [-0.2, -0.15) is 11.3 Å². The number of thiophene rings is 1. The second-order valence-electron chi connectivity index (χ2n) is 4.45. The second-order valence-corrected chi connectivity index (χ2v) is 5.23. The van der Waals surface area contributed by atoms with Gasteiger partial charge in [0.15, 0.2) is 5.78 Å². The lowest BCUT2D eigenvalue weighted by Gasteiger charge is -2.29. The fourth-order valence-corrected chi connectivity index (χ4v) is 3.12. The van der Waals surface area contributed by atoms with Crippen LogP contribution in [-0.4, -0.2) is 18.5 Å². The lowest BCUT2D eigenvalue weighted by Crippen LogP contribution is -2.40. The minimum absolute atomic E-state index is 0.179. The number of rotatable bonds is 3. The van der Waals surface area contributed by atoms with Crippen LogP contribution in [0.2, 0.25) is 0 Å². The molecule has 0 aliphatic heterocycles. The van der Waals surface area contributed by atoms with Gasteiger partial charge in [0, 0.05) is 18.1 Å². The van der Waals surface area contributed by atoms with Gasteiger partial charge in [0.2, 0.25) is 0 Å². The Hall–Kier alpha value is -0.670. The quantitative estimate of drug-likeness (QED) is 0.593. The molecular formula is C13H18O2S. The summed E-state index contributed by atoms with van der Waals surface area (Å²) in [5, 5.41) is 3.88. The molecule has 16 heavy (non-hydrogen) atoms. The monoisotopic (exact) mass is 238 g/mol.